The highest BCUT2D eigenvalue weighted by Gasteiger charge is 2.52. The van der Waals surface area contributed by atoms with E-state index >= 15 is 0 Å². The van der Waals surface area contributed by atoms with Gasteiger partial charge in [0, 0.05) is 25.5 Å². The molecule has 2 fully saturated rings. The molecule has 8 heteroatoms. The zero-order valence-corrected chi connectivity index (χ0v) is 13.5. The Kier molecular flexibility index (Phi) is 4.78. The number of carbonyl (C=O) groups excluding carboxylic acids is 1. The summed E-state index contributed by atoms with van der Waals surface area (Å²) in [5.74, 6) is -0.537. The van der Waals surface area contributed by atoms with Crippen molar-refractivity contribution in [3.05, 3.63) is 35.4 Å². The van der Waals surface area contributed by atoms with Gasteiger partial charge in [-0.2, -0.15) is 13.2 Å². The van der Waals surface area contributed by atoms with Crippen molar-refractivity contribution in [1.29, 1.82) is 0 Å². The van der Waals surface area contributed by atoms with Gasteiger partial charge in [0.15, 0.2) is 0 Å². The molecule has 0 spiro atoms. The third-order valence-electron chi connectivity index (χ3n) is 5.05. The van der Waals surface area contributed by atoms with Gasteiger partial charge >= 0.3 is 6.18 Å². The van der Waals surface area contributed by atoms with Gasteiger partial charge in [0.25, 0.3) is 5.91 Å². The second kappa shape index (κ2) is 6.59. The Labute approximate surface area is 143 Å². The predicted molar refractivity (Wildman–Crippen MR) is 81.6 cm³/mol. The highest BCUT2D eigenvalue weighted by atomic mass is 19.4. The molecular formula is C17H20F3NO4. The van der Waals surface area contributed by atoms with Crippen LogP contribution < -0.4 is 0 Å². The van der Waals surface area contributed by atoms with Crippen LogP contribution in [0, 0.1) is 5.92 Å². The summed E-state index contributed by atoms with van der Waals surface area (Å²) in [6.07, 6.45) is -5.37. The molecule has 5 nitrogen and oxygen atoms in total. The average molecular weight is 359 g/mol. The fraction of sp³-hybridized carbons (Fsp3) is 0.588. The van der Waals surface area contributed by atoms with Crippen LogP contribution in [0.4, 0.5) is 13.2 Å². The molecule has 2 N–H and O–H groups in total. The summed E-state index contributed by atoms with van der Waals surface area (Å²) in [6, 6.07) is 4.59. The number of halogens is 3. The summed E-state index contributed by atoms with van der Waals surface area (Å²) in [7, 11) is 0. The van der Waals surface area contributed by atoms with Gasteiger partial charge in [0.1, 0.15) is 11.7 Å². The Bertz CT molecular complexity index is 651. The SMILES string of the molecule is O=C(C(O)Cc1cccc(C(F)(F)F)c1)N1C[C@H]2CCO[C@@]2(CO)C1. The third-order valence-corrected chi connectivity index (χ3v) is 5.05. The number of aliphatic hydroxyl groups is 2. The lowest BCUT2D eigenvalue weighted by molar-refractivity contribution is -0.141. The summed E-state index contributed by atoms with van der Waals surface area (Å²) < 4.78 is 43.8. The smallest absolute Gasteiger partial charge is 0.393 e. The molecule has 1 unspecified atom stereocenters. The van der Waals surface area contributed by atoms with Crippen molar-refractivity contribution >= 4 is 5.91 Å². The van der Waals surface area contributed by atoms with E-state index in [1.807, 2.05) is 0 Å². The Hall–Kier alpha value is -1.64. The van der Waals surface area contributed by atoms with Crippen molar-refractivity contribution in [2.24, 2.45) is 5.92 Å². The first-order valence-corrected chi connectivity index (χ1v) is 8.13. The number of hydrogen-bond donors (Lipinski definition) is 2. The molecule has 0 aliphatic carbocycles. The van der Waals surface area contributed by atoms with Gasteiger partial charge < -0.3 is 19.8 Å². The van der Waals surface area contributed by atoms with Crippen molar-refractivity contribution in [3.63, 3.8) is 0 Å². The van der Waals surface area contributed by atoms with E-state index in [4.69, 9.17) is 4.74 Å². The maximum absolute atomic E-state index is 12.7. The van der Waals surface area contributed by atoms with Crippen LogP contribution >= 0.6 is 0 Å². The van der Waals surface area contributed by atoms with Crippen molar-refractivity contribution in [1.82, 2.24) is 4.90 Å². The molecule has 2 saturated heterocycles. The Balaban J connectivity index is 1.66. The number of nitrogens with zero attached hydrogens (tertiary/aromatic N) is 1. The van der Waals surface area contributed by atoms with Gasteiger partial charge in [0.05, 0.1) is 18.7 Å². The van der Waals surface area contributed by atoms with E-state index in [-0.39, 0.29) is 31.1 Å². The van der Waals surface area contributed by atoms with Gasteiger partial charge in [-0.05, 0) is 18.1 Å². The molecule has 0 bridgehead atoms. The standard InChI is InChI=1S/C17H20F3NO4/c18-17(19,20)12-3-1-2-11(6-12)7-14(23)15(24)21-8-13-4-5-25-16(13,9-21)10-22/h1-3,6,13-14,22-23H,4-5,7-10H2/t13-,14?,16-/m1/s1. The van der Waals surface area contributed by atoms with E-state index in [1.54, 1.807) is 0 Å². The number of likely N-dealkylation sites (tertiary alicyclic amines) is 1. The molecule has 25 heavy (non-hydrogen) atoms. The second-order valence-corrected chi connectivity index (χ2v) is 6.69. The molecule has 1 aromatic rings. The minimum absolute atomic E-state index is 0.0159. The van der Waals surface area contributed by atoms with Gasteiger partial charge in [0.2, 0.25) is 0 Å². The lowest BCUT2D eigenvalue weighted by Gasteiger charge is -2.26. The van der Waals surface area contributed by atoms with Gasteiger partial charge in [-0.1, -0.05) is 18.2 Å². The first kappa shape index (κ1) is 18.2. The maximum atomic E-state index is 12.7. The van der Waals surface area contributed by atoms with E-state index in [1.165, 1.54) is 17.0 Å². The van der Waals surface area contributed by atoms with E-state index in [9.17, 15) is 28.2 Å². The van der Waals surface area contributed by atoms with Crippen molar-refractivity contribution < 1.29 is 32.9 Å². The Morgan fingerprint density at radius 2 is 2.20 bits per heavy atom. The number of aliphatic hydroxyl groups excluding tert-OH is 2. The lowest BCUT2D eigenvalue weighted by atomic mass is 9.92. The topological polar surface area (TPSA) is 70.0 Å². The predicted octanol–water partition coefficient (Wildman–Crippen LogP) is 1.22. The monoisotopic (exact) mass is 359 g/mol. The van der Waals surface area contributed by atoms with Crippen LogP contribution in [0.3, 0.4) is 0 Å². The maximum Gasteiger partial charge on any atom is 0.416 e. The minimum Gasteiger partial charge on any atom is -0.393 e. The van der Waals surface area contributed by atoms with Crippen LogP contribution in [-0.4, -0.2) is 59.0 Å². The Morgan fingerprint density at radius 3 is 2.84 bits per heavy atom. The fourth-order valence-corrected chi connectivity index (χ4v) is 3.66. The Morgan fingerprint density at radius 1 is 1.44 bits per heavy atom. The number of rotatable bonds is 4. The first-order valence-electron chi connectivity index (χ1n) is 8.13. The summed E-state index contributed by atoms with van der Waals surface area (Å²) in [4.78, 5) is 13.9. The molecule has 1 aromatic carbocycles. The van der Waals surface area contributed by atoms with Crippen molar-refractivity contribution in [3.8, 4) is 0 Å². The summed E-state index contributed by atoms with van der Waals surface area (Å²) in [6.45, 7) is 0.886. The molecule has 2 aliphatic heterocycles. The number of benzene rings is 1. The highest BCUT2D eigenvalue weighted by Crippen LogP contribution is 2.39. The molecule has 2 aliphatic rings. The van der Waals surface area contributed by atoms with Crippen LogP contribution in [0.1, 0.15) is 17.5 Å². The van der Waals surface area contributed by atoms with E-state index in [2.05, 4.69) is 0 Å². The van der Waals surface area contributed by atoms with Crippen LogP contribution in [-0.2, 0) is 22.1 Å². The molecular weight excluding hydrogens is 339 g/mol. The molecule has 2 heterocycles. The van der Waals surface area contributed by atoms with E-state index < -0.39 is 29.4 Å². The van der Waals surface area contributed by atoms with Gasteiger partial charge in [-0.15, -0.1) is 0 Å². The molecule has 0 aromatic heterocycles. The number of fused-ring (bicyclic) bond motifs is 1. The number of hydrogen-bond acceptors (Lipinski definition) is 4. The van der Waals surface area contributed by atoms with Crippen LogP contribution in [0.5, 0.6) is 0 Å². The quantitative estimate of drug-likeness (QED) is 0.848. The largest absolute Gasteiger partial charge is 0.416 e. The number of alkyl halides is 3. The zero-order chi connectivity index (χ0) is 18.2. The van der Waals surface area contributed by atoms with Crippen LogP contribution in [0.25, 0.3) is 0 Å². The summed E-state index contributed by atoms with van der Waals surface area (Å²) in [5.41, 5.74) is -1.35. The first-order chi connectivity index (χ1) is 11.7. The molecule has 0 saturated carbocycles. The van der Waals surface area contributed by atoms with Gasteiger partial charge in [-0.25, -0.2) is 0 Å². The second-order valence-electron chi connectivity index (χ2n) is 6.69. The molecule has 138 valence electrons. The summed E-state index contributed by atoms with van der Waals surface area (Å²) in [5, 5.41) is 19.7. The summed E-state index contributed by atoms with van der Waals surface area (Å²) >= 11 is 0. The zero-order valence-electron chi connectivity index (χ0n) is 13.5. The third kappa shape index (κ3) is 3.51. The molecule has 3 atom stereocenters. The van der Waals surface area contributed by atoms with E-state index in [0.717, 1.165) is 18.6 Å². The van der Waals surface area contributed by atoms with Gasteiger partial charge in [-0.3, -0.25) is 4.79 Å². The molecule has 3 rings (SSSR count). The molecule has 0 radical (unpaired) electrons. The van der Waals surface area contributed by atoms with E-state index in [0.29, 0.717) is 13.2 Å². The number of ether oxygens (including phenoxy) is 1. The fourth-order valence-electron chi connectivity index (χ4n) is 3.66. The number of carbonyl (C=O) groups is 1. The van der Waals surface area contributed by atoms with Crippen LogP contribution in [0.15, 0.2) is 24.3 Å². The van der Waals surface area contributed by atoms with Crippen molar-refractivity contribution in [2.45, 2.75) is 30.7 Å². The minimum atomic E-state index is -4.47. The van der Waals surface area contributed by atoms with Crippen molar-refractivity contribution in [2.75, 3.05) is 26.3 Å². The van der Waals surface area contributed by atoms with Crippen LogP contribution in [0.2, 0.25) is 0 Å². The average Bonchev–Trinajstić information content (AvgIpc) is 3.11. The lowest BCUT2D eigenvalue weighted by Crippen LogP contribution is -2.44. The molecule has 1 amide bonds. The highest BCUT2D eigenvalue weighted by molar-refractivity contribution is 5.81. The normalized spacial score (nSPS) is 27.4. The number of amides is 1.